The van der Waals surface area contributed by atoms with Crippen molar-refractivity contribution in [2.45, 2.75) is 46.0 Å². The molecule has 138 valence electrons. The standard InChI is InChI=1S/C20H32N4O/c1-4-21-20(22-11-7-13-24-12-6-10-19(24)25)23-15-17(3)18-9-5-8-16(2)14-18/h5,8-9,14,17H,4,6-7,10-13,15H2,1-3H3,(H2,21,22,23). The number of hydrogen-bond donors (Lipinski definition) is 2. The minimum atomic E-state index is 0.299. The zero-order valence-corrected chi connectivity index (χ0v) is 15.8. The number of guanidine groups is 1. The summed E-state index contributed by atoms with van der Waals surface area (Å²) in [7, 11) is 0. The van der Waals surface area contributed by atoms with Gasteiger partial charge in [-0.2, -0.15) is 0 Å². The summed E-state index contributed by atoms with van der Waals surface area (Å²) < 4.78 is 0. The number of aliphatic imine (C=N–C) groups is 1. The van der Waals surface area contributed by atoms with E-state index in [1.54, 1.807) is 0 Å². The van der Waals surface area contributed by atoms with Crippen LogP contribution in [0.4, 0.5) is 0 Å². The highest BCUT2D eigenvalue weighted by Crippen LogP contribution is 2.16. The van der Waals surface area contributed by atoms with Gasteiger partial charge >= 0.3 is 0 Å². The second kappa shape index (κ2) is 10.1. The molecule has 0 aromatic heterocycles. The summed E-state index contributed by atoms with van der Waals surface area (Å²) in [6.07, 6.45) is 2.67. The van der Waals surface area contributed by atoms with Crippen LogP contribution in [0.3, 0.4) is 0 Å². The van der Waals surface area contributed by atoms with Crippen molar-refractivity contribution in [3.8, 4) is 0 Å². The highest BCUT2D eigenvalue weighted by Gasteiger charge is 2.18. The molecule has 5 nitrogen and oxygen atoms in total. The fourth-order valence-corrected chi connectivity index (χ4v) is 3.07. The molecule has 0 aliphatic carbocycles. The number of amides is 1. The third-order valence-electron chi connectivity index (χ3n) is 4.55. The van der Waals surface area contributed by atoms with Crippen molar-refractivity contribution in [2.75, 3.05) is 32.7 Å². The van der Waals surface area contributed by atoms with Crippen LogP contribution >= 0.6 is 0 Å². The van der Waals surface area contributed by atoms with Gasteiger partial charge in [0.2, 0.25) is 5.91 Å². The average Bonchev–Trinajstić information content (AvgIpc) is 3.01. The van der Waals surface area contributed by atoms with Gasteiger partial charge in [-0.05, 0) is 32.3 Å². The molecular formula is C20H32N4O. The van der Waals surface area contributed by atoms with Crippen molar-refractivity contribution in [1.29, 1.82) is 0 Å². The summed E-state index contributed by atoms with van der Waals surface area (Å²) in [4.78, 5) is 18.3. The summed E-state index contributed by atoms with van der Waals surface area (Å²) in [5.74, 6) is 1.54. The van der Waals surface area contributed by atoms with E-state index in [1.807, 2.05) is 4.90 Å². The Labute approximate surface area is 151 Å². The van der Waals surface area contributed by atoms with E-state index >= 15 is 0 Å². The van der Waals surface area contributed by atoms with Gasteiger partial charge < -0.3 is 15.5 Å². The van der Waals surface area contributed by atoms with E-state index in [-0.39, 0.29) is 0 Å². The number of aryl methyl sites for hydroxylation is 1. The molecule has 1 fully saturated rings. The number of carbonyl (C=O) groups excluding carboxylic acids is 1. The molecule has 2 N–H and O–H groups in total. The first-order valence-corrected chi connectivity index (χ1v) is 9.46. The Kier molecular flexibility index (Phi) is 7.76. The fraction of sp³-hybridized carbons (Fsp3) is 0.600. The van der Waals surface area contributed by atoms with Gasteiger partial charge in [0.1, 0.15) is 0 Å². The van der Waals surface area contributed by atoms with Crippen LogP contribution in [-0.4, -0.2) is 49.5 Å². The first kappa shape index (κ1) is 19.3. The predicted molar refractivity (Wildman–Crippen MR) is 104 cm³/mol. The molecule has 1 aromatic rings. The second-order valence-corrected chi connectivity index (χ2v) is 6.80. The van der Waals surface area contributed by atoms with Gasteiger partial charge in [-0.3, -0.25) is 9.79 Å². The third kappa shape index (κ3) is 6.40. The number of benzene rings is 1. The van der Waals surface area contributed by atoms with Gasteiger partial charge in [0.15, 0.2) is 5.96 Å². The normalized spacial score (nSPS) is 16.2. The predicted octanol–water partition coefficient (Wildman–Crippen LogP) is 2.67. The molecule has 25 heavy (non-hydrogen) atoms. The average molecular weight is 345 g/mol. The Balaban J connectivity index is 1.78. The molecule has 1 saturated heterocycles. The first-order valence-electron chi connectivity index (χ1n) is 9.46. The topological polar surface area (TPSA) is 56.7 Å². The molecular weight excluding hydrogens is 312 g/mol. The van der Waals surface area contributed by atoms with Crippen LogP contribution in [0.15, 0.2) is 29.3 Å². The molecule has 1 heterocycles. The lowest BCUT2D eigenvalue weighted by Gasteiger charge is -2.17. The zero-order valence-electron chi connectivity index (χ0n) is 15.8. The van der Waals surface area contributed by atoms with Crippen molar-refractivity contribution < 1.29 is 4.79 Å². The van der Waals surface area contributed by atoms with Crippen LogP contribution in [-0.2, 0) is 4.79 Å². The van der Waals surface area contributed by atoms with E-state index in [9.17, 15) is 4.79 Å². The molecule has 0 radical (unpaired) electrons. The van der Waals surface area contributed by atoms with Crippen LogP contribution in [0, 0.1) is 6.92 Å². The van der Waals surface area contributed by atoms with Gasteiger partial charge in [-0.15, -0.1) is 0 Å². The highest BCUT2D eigenvalue weighted by molar-refractivity contribution is 5.80. The van der Waals surface area contributed by atoms with E-state index < -0.39 is 0 Å². The second-order valence-electron chi connectivity index (χ2n) is 6.80. The smallest absolute Gasteiger partial charge is 0.222 e. The maximum atomic E-state index is 11.6. The number of nitrogens with zero attached hydrogens (tertiary/aromatic N) is 2. The lowest BCUT2D eigenvalue weighted by atomic mass is 10.00. The number of rotatable bonds is 8. The summed E-state index contributed by atoms with van der Waals surface area (Å²) in [5, 5.41) is 6.67. The number of nitrogens with one attached hydrogen (secondary N) is 2. The molecule has 2 rings (SSSR count). The minimum absolute atomic E-state index is 0.299. The fourth-order valence-electron chi connectivity index (χ4n) is 3.07. The van der Waals surface area contributed by atoms with Crippen LogP contribution in [0.1, 0.15) is 50.2 Å². The monoisotopic (exact) mass is 344 g/mol. The van der Waals surface area contributed by atoms with Crippen molar-refractivity contribution in [3.63, 3.8) is 0 Å². The largest absolute Gasteiger partial charge is 0.357 e. The summed E-state index contributed by atoms with van der Waals surface area (Å²) >= 11 is 0. The van der Waals surface area contributed by atoms with Crippen LogP contribution in [0.2, 0.25) is 0 Å². The Morgan fingerprint density at radius 2 is 2.20 bits per heavy atom. The molecule has 1 atom stereocenters. The van der Waals surface area contributed by atoms with Gasteiger partial charge in [0.05, 0.1) is 0 Å². The lowest BCUT2D eigenvalue weighted by molar-refractivity contribution is -0.127. The molecule has 1 aliphatic heterocycles. The van der Waals surface area contributed by atoms with Crippen molar-refractivity contribution in [1.82, 2.24) is 15.5 Å². The molecule has 1 amide bonds. The van der Waals surface area contributed by atoms with E-state index in [4.69, 9.17) is 4.99 Å². The quantitative estimate of drug-likeness (QED) is 0.433. The zero-order chi connectivity index (χ0) is 18.1. The van der Waals surface area contributed by atoms with E-state index in [0.717, 1.165) is 51.5 Å². The van der Waals surface area contributed by atoms with Gasteiger partial charge in [0, 0.05) is 45.1 Å². The van der Waals surface area contributed by atoms with Crippen LogP contribution in [0.25, 0.3) is 0 Å². The molecule has 1 aromatic carbocycles. The van der Waals surface area contributed by atoms with E-state index in [0.29, 0.717) is 18.2 Å². The molecule has 0 bridgehead atoms. The van der Waals surface area contributed by atoms with Gasteiger partial charge in [0.25, 0.3) is 0 Å². The Morgan fingerprint density at radius 3 is 2.88 bits per heavy atom. The van der Waals surface area contributed by atoms with Crippen molar-refractivity contribution in [2.24, 2.45) is 4.99 Å². The van der Waals surface area contributed by atoms with E-state index in [2.05, 4.69) is 55.7 Å². The molecule has 5 heteroatoms. The maximum Gasteiger partial charge on any atom is 0.222 e. The number of hydrogen-bond acceptors (Lipinski definition) is 2. The molecule has 1 aliphatic rings. The van der Waals surface area contributed by atoms with Crippen LogP contribution < -0.4 is 10.6 Å². The number of likely N-dealkylation sites (tertiary alicyclic amines) is 1. The third-order valence-corrected chi connectivity index (χ3v) is 4.55. The molecule has 0 saturated carbocycles. The minimum Gasteiger partial charge on any atom is -0.357 e. The highest BCUT2D eigenvalue weighted by atomic mass is 16.2. The molecule has 0 spiro atoms. The lowest BCUT2D eigenvalue weighted by Crippen LogP contribution is -2.39. The summed E-state index contributed by atoms with van der Waals surface area (Å²) in [5.41, 5.74) is 2.61. The van der Waals surface area contributed by atoms with Gasteiger partial charge in [-0.1, -0.05) is 36.8 Å². The number of carbonyl (C=O) groups is 1. The van der Waals surface area contributed by atoms with Crippen molar-refractivity contribution >= 4 is 11.9 Å². The Bertz CT molecular complexity index is 585. The summed E-state index contributed by atoms with van der Waals surface area (Å²) in [6.45, 7) is 10.6. The first-order chi connectivity index (χ1) is 12.1. The van der Waals surface area contributed by atoms with Crippen LogP contribution in [0.5, 0.6) is 0 Å². The van der Waals surface area contributed by atoms with Crippen molar-refractivity contribution in [3.05, 3.63) is 35.4 Å². The Hall–Kier alpha value is -2.04. The molecule has 1 unspecified atom stereocenters. The maximum absolute atomic E-state index is 11.6. The van der Waals surface area contributed by atoms with Gasteiger partial charge in [-0.25, -0.2) is 0 Å². The van der Waals surface area contributed by atoms with E-state index in [1.165, 1.54) is 11.1 Å². The SMILES string of the molecule is CCNC(=NCC(C)c1cccc(C)c1)NCCCN1CCCC1=O. The Morgan fingerprint density at radius 1 is 1.36 bits per heavy atom. The summed E-state index contributed by atoms with van der Waals surface area (Å²) in [6, 6.07) is 8.62.